The van der Waals surface area contributed by atoms with Crippen molar-refractivity contribution in [3.63, 3.8) is 0 Å². The Hall–Kier alpha value is -0.910. The van der Waals surface area contributed by atoms with Crippen molar-refractivity contribution in [3.05, 3.63) is 0 Å². The third kappa shape index (κ3) is 2.30. The predicted molar refractivity (Wildman–Crippen MR) is 62.7 cm³/mol. The maximum Gasteiger partial charge on any atom is 0.410 e. The van der Waals surface area contributed by atoms with Gasteiger partial charge >= 0.3 is 6.09 Å². The fraction of sp³-hybridized carbons (Fsp3) is 0.917. The molecule has 0 bridgehead atoms. The zero-order valence-electron chi connectivity index (χ0n) is 11.1. The number of amides is 1. The number of alkyl halides is 2. The number of carbonyl (C=O) groups is 1. The number of likely N-dealkylation sites (tertiary alicyclic amines) is 1. The molecular formula is C12H20F2N2O2. The molecule has 2 fully saturated rings. The highest BCUT2D eigenvalue weighted by Gasteiger charge is 2.63. The summed E-state index contributed by atoms with van der Waals surface area (Å²) in [6, 6.07) is 0. The number of piperidine rings is 1. The van der Waals surface area contributed by atoms with Crippen LogP contribution in [0.3, 0.4) is 0 Å². The summed E-state index contributed by atoms with van der Waals surface area (Å²) in [5, 5.41) is 2.80. The molecule has 0 aromatic carbocycles. The average molecular weight is 262 g/mol. The predicted octanol–water partition coefficient (Wildman–Crippen LogP) is 1.99. The SMILES string of the molecule is CC(C)(C)OC(=O)N1CCCC2(C1)NCC2(F)F. The molecule has 4 nitrogen and oxygen atoms in total. The van der Waals surface area contributed by atoms with Crippen LogP contribution < -0.4 is 5.32 Å². The van der Waals surface area contributed by atoms with E-state index in [-0.39, 0.29) is 13.1 Å². The zero-order valence-corrected chi connectivity index (χ0v) is 11.1. The Labute approximate surface area is 106 Å². The van der Waals surface area contributed by atoms with E-state index in [1.54, 1.807) is 20.8 Å². The molecule has 0 aromatic rings. The van der Waals surface area contributed by atoms with Gasteiger partial charge in [-0.25, -0.2) is 13.6 Å². The topological polar surface area (TPSA) is 41.6 Å². The quantitative estimate of drug-likeness (QED) is 0.726. The maximum absolute atomic E-state index is 13.6. The van der Waals surface area contributed by atoms with Crippen LogP contribution >= 0.6 is 0 Å². The van der Waals surface area contributed by atoms with E-state index < -0.39 is 23.2 Å². The Morgan fingerprint density at radius 2 is 2.06 bits per heavy atom. The van der Waals surface area contributed by atoms with Crippen molar-refractivity contribution >= 4 is 6.09 Å². The molecule has 1 spiro atoms. The first-order valence-corrected chi connectivity index (χ1v) is 6.26. The lowest BCUT2D eigenvalue weighted by atomic mass is 9.77. The Bertz CT molecular complexity index is 354. The minimum absolute atomic E-state index is 0.0227. The Morgan fingerprint density at radius 3 is 2.50 bits per heavy atom. The maximum atomic E-state index is 13.6. The van der Waals surface area contributed by atoms with Gasteiger partial charge in [0.1, 0.15) is 11.1 Å². The van der Waals surface area contributed by atoms with Crippen molar-refractivity contribution in [1.29, 1.82) is 0 Å². The molecule has 2 aliphatic heterocycles. The normalized spacial score (nSPS) is 31.1. The second-order valence-electron chi connectivity index (χ2n) is 6.15. The van der Waals surface area contributed by atoms with E-state index >= 15 is 0 Å². The van der Waals surface area contributed by atoms with Crippen LogP contribution in [0.25, 0.3) is 0 Å². The largest absolute Gasteiger partial charge is 0.444 e. The van der Waals surface area contributed by atoms with E-state index in [1.807, 2.05) is 0 Å². The van der Waals surface area contributed by atoms with Gasteiger partial charge in [0.15, 0.2) is 0 Å². The van der Waals surface area contributed by atoms with Crippen LogP contribution in [0.5, 0.6) is 0 Å². The van der Waals surface area contributed by atoms with Gasteiger partial charge in [0.05, 0.1) is 6.54 Å². The molecule has 1 N–H and O–H groups in total. The van der Waals surface area contributed by atoms with Crippen LogP contribution in [0.1, 0.15) is 33.6 Å². The molecule has 0 radical (unpaired) electrons. The lowest BCUT2D eigenvalue weighted by Gasteiger charge is -2.54. The summed E-state index contributed by atoms with van der Waals surface area (Å²) in [4.78, 5) is 13.3. The van der Waals surface area contributed by atoms with Crippen molar-refractivity contribution in [3.8, 4) is 0 Å². The van der Waals surface area contributed by atoms with Gasteiger partial charge in [-0.3, -0.25) is 5.32 Å². The van der Waals surface area contributed by atoms with E-state index in [1.165, 1.54) is 4.90 Å². The van der Waals surface area contributed by atoms with Gasteiger partial charge in [0.2, 0.25) is 0 Å². The first-order valence-electron chi connectivity index (χ1n) is 6.26. The van der Waals surface area contributed by atoms with Crippen molar-refractivity contribution < 1.29 is 18.3 Å². The van der Waals surface area contributed by atoms with Crippen molar-refractivity contribution in [2.24, 2.45) is 0 Å². The summed E-state index contributed by atoms with van der Waals surface area (Å²) >= 11 is 0. The number of nitrogens with one attached hydrogen (secondary N) is 1. The van der Waals surface area contributed by atoms with E-state index in [2.05, 4.69) is 5.32 Å². The summed E-state index contributed by atoms with van der Waals surface area (Å²) in [5.74, 6) is -2.73. The number of ether oxygens (including phenoxy) is 1. The van der Waals surface area contributed by atoms with Crippen LogP contribution in [-0.2, 0) is 4.74 Å². The first-order chi connectivity index (χ1) is 8.15. The van der Waals surface area contributed by atoms with Crippen LogP contribution in [0.4, 0.5) is 13.6 Å². The molecule has 2 saturated heterocycles. The van der Waals surface area contributed by atoms with Gasteiger partial charge in [0.25, 0.3) is 5.92 Å². The summed E-state index contributed by atoms with van der Waals surface area (Å²) in [6.07, 6.45) is 0.465. The summed E-state index contributed by atoms with van der Waals surface area (Å²) in [5.41, 5.74) is -1.83. The molecule has 2 rings (SSSR count). The third-order valence-corrected chi connectivity index (χ3v) is 3.49. The highest BCUT2D eigenvalue weighted by molar-refractivity contribution is 5.68. The number of hydrogen-bond donors (Lipinski definition) is 1. The smallest absolute Gasteiger partial charge is 0.410 e. The lowest BCUT2D eigenvalue weighted by molar-refractivity contribution is -0.174. The van der Waals surface area contributed by atoms with Crippen molar-refractivity contribution in [2.45, 2.75) is 50.7 Å². The number of halogens is 2. The van der Waals surface area contributed by atoms with E-state index in [4.69, 9.17) is 4.74 Å². The van der Waals surface area contributed by atoms with Gasteiger partial charge < -0.3 is 9.64 Å². The summed E-state index contributed by atoms with van der Waals surface area (Å²) in [6.45, 7) is 5.50. The highest BCUT2D eigenvalue weighted by Crippen LogP contribution is 2.42. The molecule has 2 aliphatic rings. The van der Waals surface area contributed by atoms with Crippen LogP contribution in [0.2, 0.25) is 0 Å². The molecule has 1 unspecified atom stereocenters. The van der Waals surface area contributed by atoms with Gasteiger partial charge in [-0.15, -0.1) is 0 Å². The molecule has 0 aliphatic carbocycles. The van der Waals surface area contributed by atoms with Crippen LogP contribution in [-0.4, -0.2) is 47.7 Å². The summed E-state index contributed by atoms with van der Waals surface area (Å²) in [7, 11) is 0. The number of hydrogen-bond acceptors (Lipinski definition) is 3. The lowest BCUT2D eigenvalue weighted by Crippen LogP contribution is -2.78. The molecule has 2 heterocycles. The van der Waals surface area contributed by atoms with E-state index in [9.17, 15) is 13.6 Å². The molecular weight excluding hydrogens is 242 g/mol. The Morgan fingerprint density at radius 1 is 1.39 bits per heavy atom. The minimum Gasteiger partial charge on any atom is -0.444 e. The molecule has 104 valence electrons. The first kappa shape index (κ1) is 13.5. The molecule has 1 atom stereocenters. The van der Waals surface area contributed by atoms with E-state index in [0.717, 1.165) is 0 Å². The van der Waals surface area contributed by atoms with Crippen molar-refractivity contribution in [2.75, 3.05) is 19.6 Å². The molecule has 0 aromatic heterocycles. The summed E-state index contributed by atoms with van der Waals surface area (Å²) < 4.78 is 32.4. The fourth-order valence-corrected chi connectivity index (χ4v) is 2.45. The molecule has 1 amide bonds. The van der Waals surface area contributed by atoms with Gasteiger partial charge in [0, 0.05) is 13.1 Å². The number of rotatable bonds is 0. The standard InChI is InChI=1S/C12H20F2N2O2/c1-10(2,3)18-9(17)16-6-4-5-11(8-16)12(13,14)7-15-11/h15H,4-8H2,1-3H3. The van der Waals surface area contributed by atoms with Gasteiger partial charge in [-0.2, -0.15) is 0 Å². The molecule has 18 heavy (non-hydrogen) atoms. The third-order valence-electron chi connectivity index (χ3n) is 3.49. The average Bonchev–Trinajstić information content (AvgIpc) is 2.25. The zero-order chi connectivity index (χ0) is 13.6. The highest BCUT2D eigenvalue weighted by atomic mass is 19.3. The van der Waals surface area contributed by atoms with Gasteiger partial charge in [-0.1, -0.05) is 0 Å². The Kier molecular flexibility index (Phi) is 3.04. The van der Waals surface area contributed by atoms with Crippen LogP contribution in [0, 0.1) is 0 Å². The Balaban J connectivity index is 2.02. The number of carbonyl (C=O) groups excluding carboxylic acids is 1. The van der Waals surface area contributed by atoms with E-state index in [0.29, 0.717) is 19.4 Å². The number of nitrogens with zero attached hydrogens (tertiary/aromatic N) is 1. The van der Waals surface area contributed by atoms with Crippen LogP contribution in [0.15, 0.2) is 0 Å². The second kappa shape index (κ2) is 4.05. The molecule has 0 saturated carbocycles. The minimum atomic E-state index is -2.73. The molecule has 6 heteroatoms. The fourth-order valence-electron chi connectivity index (χ4n) is 2.45. The monoisotopic (exact) mass is 262 g/mol. The van der Waals surface area contributed by atoms with Gasteiger partial charge in [-0.05, 0) is 33.6 Å². The van der Waals surface area contributed by atoms with Crippen molar-refractivity contribution in [1.82, 2.24) is 10.2 Å². The second-order valence-corrected chi connectivity index (χ2v) is 6.15.